The topological polar surface area (TPSA) is 51.5 Å². The molecule has 0 fully saturated rings. The second-order valence-electron chi connectivity index (χ2n) is 6.92. The van der Waals surface area contributed by atoms with E-state index in [9.17, 15) is 9.18 Å². The largest absolute Gasteiger partial charge is 0.493 e. The number of aryl methyl sites for hydroxylation is 3. The minimum atomic E-state index is -0.535. The number of allylic oxidation sites excluding steroid dienone is 1. The highest BCUT2D eigenvalue weighted by molar-refractivity contribution is 6.31. The van der Waals surface area contributed by atoms with E-state index in [1.54, 1.807) is 0 Å². The first-order valence-electron chi connectivity index (χ1n) is 9.33. The van der Waals surface area contributed by atoms with Crippen LogP contribution < -0.4 is 10.1 Å². The summed E-state index contributed by atoms with van der Waals surface area (Å²) in [6.07, 6.45) is 1.49. The van der Waals surface area contributed by atoms with Gasteiger partial charge in [-0.3, -0.25) is 4.79 Å². The molecule has 0 aliphatic rings. The van der Waals surface area contributed by atoms with Crippen LogP contribution in [-0.4, -0.2) is 12.5 Å². The number of anilines is 1. The zero-order valence-corrected chi connectivity index (χ0v) is 17.8. The minimum Gasteiger partial charge on any atom is -0.493 e. The predicted molar refractivity (Wildman–Crippen MR) is 115 cm³/mol. The lowest BCUT2D eigenvalue weighted by Gasteiger charge is -2.14. The molecule has 0 aliphatic heterocycles. The van der Waals surface area contributed by atoms with Gasteiger partial charge in [0.25, 0.3) is 0 Å². The SMILES string of the molecule is CCOc1c(/C(C)=C/C(=O)Nc2ccc(F)c(Cl)c2)cc2c(C)c(C)oc2c1C. The lowest BCUT2D eigenvalue weighted by molar-refractivity contribution is -0.111. The number of rotatable bonds is 5. The summed E-state index contributed by atoms with van der Waals surface area (Å²) in [6, 6.07) is 6.04. The number of amides is 1. The number of nitrogens with one attached hydrogen (secondary N) is 1. The maximum absolute atomic E-state index is 13.3. The quantitative estimate of drug-likeness (QED) is 0.478. The van der Waals surface area contributed by atoms with E-state index < -0.39 is 5.82 Å². The molecule has 0 unspecified atom stereocenters. The maximum atomic E-state index is 13.3. The van der Waals surface area contributed by atoms with Crippen molar-refractivity contribution in [2.45, 2.75) is 34.6 Å². The summed E-state index contributed by atoms with van der Waals surface area (Å²) in [6.45, 7) is 10.1. The number of hydrogen-bond acceptors (Lipinski definition) is 3. The van der Waals surface area contributed by atoms with Gasteiger partial charge in [0.1, 0.15) is 22.9 Å². The molecule has 0 bridgehead atoms. The second-order valence-corrected chi connectivity index (χ2v) is 7.32. The molecule has 6 heteroatoms. The molecule has 0 radical (unpaired) electrons. The van der Waals surface area contributed by atoms with Crippen molar-refractivity contribution < 1.29 is 18.3 Å². The fraction of sp³-hybridized carbons (Fsp3) is 0.261. The zero-order chi connectivity index (χ0) is 21.3. The van der Waals surface area contributed by atoms with E-state index in [1.165, 1.54) is 24.3 Å². The third-order valence-corrected chi connectivity index (χ3v) is 5.18. The van der Waals surface area contributed by atoms with Crippen LogP contribution in [0.25, 0.3) is 16.5 Å². The Bertz CT molecular complexity index is 1130. The van der Waals surface area contributed by atoms with E-state index in [0.717, 1.165) is 39.0 Å². The van der Waals surface area contributed by atoms with Crippen molar-refractivity contribution in [3.05, 3.63) is 63.6 Å². The highest BCUT2D eigenvalue weighted by atomic mass is 35.5. The lowest BCUT2D eigenvalue weighted by atomic mass is 9.98. The van der Waals surface area contributed by atoms with Crippen LogP contribution in [-0.2, 0) is 4.79 Å². The highest BCUT2D eigenvalue weighted by Crippen LogP contribution is 2.38. The van der Waals surface area contributed by atoms with Crippen LogP contribution in [0.3, 0.4) is 0 Å². The van der Waals surface area contributed by atoms with Gasteiger partial charge < -0.3 is 14.5 Å². The summed E-state index contributed by atoms with van der Waals surface area (Å²) in [5, 5.41) is 3.65. The molecule has 0 aliphatic carbocycles. The van der Waals surface area contributed by atoms with Gasteiger partial charge in [-0.1, -0.05) is 11.6 Å². The smallest absolute Gasteiger partial charge is 0.248 e. The van der Waals surface area contributed by atoms with Crippen LogP contribution in [0.2, 0.25) is 5.02 Å². The van der Waals surface area contributed by atoms with Gasteiger partial charge in [0.15, 0.2) is 0 Å². The Kier molecular flexibility index (Phi) is 5.99. The van der Waals surface area contributed by atoms with Crippen LogP contribution in [0.15, 0.2) is 34.8 Å². The summed E-state index contributed by atoms with van der Waals surface area (Å²) < 4.78 is 25.1. The molecule has 0 atom stereocenters. The number of fused-ring (bicyclic) bond motifs is 1. The van der Waals surface area contributed by atoms with Gasteiger partial charge in [-0.15, -0.1) is 0 Å². The molecular weight excluding hydrogens is 393 g/mol. The highest BCUT2D eigenvalue weighted by Gasteiger charge is 2.19. The molecule has 2 aromatic carbocycles. The Labute approximate surface area is 174 Å². The predicted octanol–water partition coefficient (Wildman–Crippen LogP) is 6.59. The van der Waals surface area contributed by atoms with E-state index in [0.29, 0.717) is 18.0 Å². The van der Waals surface area contributed by atoms with Crippen molar-refractivity contribution in [1.82, 2.24) is 0 Å². The van der Waals surface area contributed by atoms with Crippen molar-refractivity contribution in [2.24, 2.45) is 0 Å². The lowest BCUT2D eigenvalue weighted by Crippen LogP contribution is -2.09. The first-order valence-corrected chi connectivity index (χ1v) is 9.71. The Morgan fingerprint density at radius 2 is 1.97 bits per heavy atom. The van der Waals surface area contributed by atoms with E-state index in [-0.39, 0.29) is 10.9 Å². The minimum absolute atomic E-state index is 0.0472. The number of ether oxygens (including phenoxy) is 1. The Morgan fingerprint density at radius 1 is 1.24 bits per heavy atom. The molecule has 4 nitrogen and oxygen atoms in total. The fourth-order valence-corrected chi connectivity index (χ4v) is 3.44. The zero-order valence-electron chi connectivity index (χ0n) is 17.1. The van der Waals surface area contributed by atoms with Crippen LogP contribution in [0.5, 0.6) is 5.75 Å². The van der Waals surface area contributed by atoms with Crippen molar-refractivity contribution in [3.63, 3.8) is 0 Å². The number of carbonyl (C=O) groups excluding carboxylic acids is 1. The Hall–Kier alpha value is -2.79. The molecule has 0 spiro atoms. The number of benzene rings is 2. The normalized spacial score (nSPS) is 11.8. The van der Waals surface area contributed by atoms with E-state index in [2.05, 4.69) is 5.32 Å². The molecule has 1 amide bonds. The van der Waals surface area contributed by atoms with E-state index in [4.69, 9.17) is 20.8 Å². The maximum Gasteiger partial charge on any atom is 0.248 e. The second kappa shape index (κ2) is 8.29. The van der Waals surface area contributed by atoms with Gasteiger partial charge in [0.05, 0.1) is 11.6 Å². The first-order chi connectivity index (χ1) is 13.7. The van der Waals surface area contributed by atoms with E-state index in [1.807, 2.05) is 40.7 Å². The van der Waals surface area contributed by atoms with Crippen molar-refractivity contribution in [2.75, 3.05) is 11.9 Å². The Morgan fingerprint density at radius 3 is 2.62 bits per heavy atom. The van der Waals surface area contributed by atoms with Crippen molar-refractivity contribution in [1.29, 1.82) is 0 Å². The summed E-state index contributed by atoms with van der Waals surface area (Å²) in [5.74, 6) is 0.674. The standard InChI is InChI=1S/C23H23ClFNO3/c1-6-28-22-14(4)23-18(13(3)15(5)29-23)11-17(22)12(2)9-21(27)26-16-7-8-20(25)19(24)10-16/h7-11H,6H2,1-5H3,(H,26,27)/b12-9+. The molecule has 3 aromatic rings. The average molecular weight is 416 g/mol. The monoisotopic (exact) mass is 415 g/mol. The van der Waals surface area contributed by atoms with Crippen LogP contribution >= 0.6 is 11.6 Å². The van der Waals surface area contributed by atoms with Gasteiger partial charge in [-0.25, -0.2) is 4.39 Å². The van der Waals surface area contributed by atoms with Gasteiger partial charge in [0.2, 0.25) is 5.91 Å². The van der Waals surface area contributed by atoms with Crippen LogP contribution in [0.4, 0.5) is 10.1 Å². The van der Waals surface area contributed by atoms with Gasteiger partial charge in [-0.2, -0.15) is 0 Å². The van der Waals surface area contributed by atoms with Gasteiger partial charge in [0, 0.05) is 28.3 Å². The van der Waals surface area contributed by atoms with Crippen LogP contribution in [0, 0.1) is 26.6 Å². The van der Waals surface area contributed by atoms with Crippen molar-refractivity contribution >= 4 is 39.7 Å². The van der Waals surface area contributed by atoms with Crippen LogP contribution in [0.1, 0.15) is 36.3 Å². The molecule has 0 saturated carbocycles. The molecule has 152 valence electrons. The summed E-state index contributed by atoms with van der Waals surface area (Å²) in [7, 11) is 0. The molecule has 0 saturated heterocycles. The number of hydrogen-bond donors (Lipinski definition) is 1. The summed E-state index contributed by atoms with van der Waals surface area (Å²) in [4.78, 5) is 12.5. The fourth-order valence-electron chi connectivity index (χ4n) is 3.26. The van der Waals surface area contributed by atoms with Crippen molar-refractivity contribution in [3.8, 4) is 5.75 Å². The molecule has 1 aromatic heterocycles. The van der Waals surface area contributed by atoms with Gasteiger partial charge >= 0.3 is 0 Å². The average Bonchev–Trinajstić information content (AvgIpc) is 2.95. The number of carbonyl (C=O) groups is 1. The molecular formula is C23H23ClFNO3. The molecule has 1 heterocycles. The third kappa shape index (κ3) is 4.15. The van der Waals surface area contributed by atoms with E-state index >= 15 is 0 Å². The third-order valence-electron chi connectivity index (χ3n) is 4.89. The molecule has 1 N–H and O–H groups in total. The first kappa shape index (κ1) is 20.9. The Balaban J connectivity index is 2.00. The summed E-state index contributed by atoms with van der Waals surface area (Å²) >= 11 is 5.78. The molecule has 29 heavy (non-hydrogen) atoms. The van der Waals surface area contributed by atoms with Gasteiger partial charge in [-0.05, 0) is 70.0 Å². The number of furan rings is 1. The molecule has 3 rings (SSSR count). The summed E-state index contributed by atoms with van der Waals surface area (Å²) in [5.41, 5.74) is 4.74. The number of halogens is 2.